The van der Waals surface area contributed by atoms with E-state index in [-0.39, 0.29) is 11.4 Å². The van der Waals surface area contributed by atoms with Crippen molar-refractivity contribution in [3.63, 3.8) is 0 Å². The molecule has 4 rings (SSSR count). The Kier molecular flexibility index (Phi) is 10.5. The summed E-state index contributed by atoms with van der Waals surface area (Å²) in [7, 11) is 0. The summed E-state index contributed by atoms with van der Waals surface area (Å²) in [5.74, 6) is -3.22. The summed E-state index contributed by atoms with van der Waals surface area (Å²) in [5.41, 5.74) is 1.57. The normalized spacial score (nSPS) is 21.0. The number of nitriles is 1. The predicted octanol–water partition coefficient (Wildman–Crippen LogP) is 4.46. The van der Waals surface area contributed by atoms with Gasteiger partial charge in [0.2, 0.25) is 18.3 Å². The average molecular weight is 643 g/mol. The molecule has 1 aliphatic rings. The molecule has 1 aliphatic heterocycles. The summed E-state index contributed by atoms with van der Waals surface area (Å²) in [4.78, 5) is 53.5. The summed E-state index contributed by atoms with van der Waals surface area (Å²) in [6, 6.07) is 14.3. The molecule has 44 heavy (non-hydrogen) atoms. The first-order valence-corrected chi connectivity index (χ1v) is 14.4. The highest BCUT2D eigenvalue weighted by Crippen LogP contribution is 2.37. The van der Waals surface area contributed by atoms with Crippen LogP contribution in [0.3, 0.4) is 0 Å². The van der Waals surface area contributed by atoms with Crippen molar-refractivity contribution in [3.8, 4) is 33.6 Å². The van der Waals surface area contributed by atoms with E-state index in [0.29, 0.717) is 21.8 Å². The van der Waals surface area contributed by atoms with Gasteiger partial charge in [0.05, 0.1) is 10.6 Å². The summed E-state index contributed by atoms with van der Waals surface area (Å²) < 4.78 is 33.7. The number of rotatable bonds is 9. The zero-order chi connectivity index (χ0) is 32.0. The molecule has 3 heterocycles. The second-order valence-corrected chi connectivity index (χ2v) is 10.9. The number of nitrogens with zero attached hydrogens (tertiary/aromatic N) is 2. The number of thiophene rings is 1. The standard InChI is InChI=1S/C30H27ClN2O10S/c1-15(34)38-14-24-26(39-16(2)35)27(40-17(3)36)28(41-18(4)37)30(42-24)43-29-22(13-32)21(19-7-9-20(31)10-8-19)12-23(33-29)25-6-5-11-44-25/h5-12,24,26-28,30H,14H2,1-4H3/t24-,26-,27+,28-,30+/m1/s1. The number of pyridine rings is 1. The van der Waals surface area contributed by atoms with E-state index in [1.54, 1.807) is 30.3 Å². The quantitative estimate of drug-likeness (QED) is 0.238. The lowest BCUT2D eigenvalue weighted by Crippen LogP contribution is -2.63. The van der Waals surface area contributed by atoms with Gasteiger partial charge in [0.15, 0.2) is 12.2 Å². The van der Waals surface area contributed by atoms with Crippen LogP contribution in [0.1, 0.15) is 33.3 Å². The fourth-order valence-electron chi connectivity index (χ4n) is 4.52. The van der Waals surface area contributed by atoms with Crippen molar-refractivity contribution in [2.45, 2.75) is 58.4 Å². The molecule has 0 amide bonds. The van der Waals surface area contributed by atoms with Crippen LogP contribution in [0.25, 0.3) is 21.7 Å². The van der Waals surface area contributed by atoms with E-state index >= 15 is 0 Å². The number of carbonyl (C=O) groups excluding carboxylic acids is 4. The van der Waals surface area contributed by atoms with Gasteiger partial charge >= 0.3 is 23.9 Å². The van der Waals surface area contributed by atoms with Gasteiger partial charge in [0.25, 0.3) is 0 Å². The lowest BCUT2D eigenvalue weighted by atomic mass is 9.97. The van der Waals surface area contributed by atoms with Crippen LogP contribution in [-0.4, -0.2) is 66.2 Å². The first-order valence-electron chi connectivity index (χ1n) is 13.2. The molecule has 230 valence electrons. The van der Waals surface area contributed by atoms with Crippen LogP contribution >= 0.6 is 22.9 Å². The first kappa shape index (κ1) is 32.4. The van der Waals surface area contributed by atoms with Crippen molar-refractivity contribution < 1.29 is 47.6 Å². The SMILES string of the molecule is CC(=O)OC[C@H]1O[C@@H](Oc2nc(-c3cccs3)cc(-c3ccc(Cl)cc3)c2C#N)[C@H](OC(C)=O)[C@@H](OC(C)=O)[C@@H]1OC(C)=O. The molecule has 1 fully saturated rings. The second-order valence-electron chi connectivity index (χ2n) is 9.52. The third kappa shape index (κ3) is 7.90. The Balaban J connectivity index is 1.86. The molecule has 0 N–H and O–H groups in total. The minimum absolute atomic E-state index is 0.0143. The average Bonchev–Trinajstić information content (AvgIpc) is 3.50. The fraction of sp³-hybridized carbons (Fsp3) is 0.333. The predicted molar refractivity (Wildman–Crippen MR) is 155 cm³/mol. The summed E-state index contributed by atoms with van der Waals surface area (Å²) >= 11 is 7.50. The van der Waals surface area contributed by atoms with Gasteiger partial charge in [-0.1, -0.05) is 29.8 Å². The zero-order valence-electron chi connectivity index (χ0n) is 24.0. The molecule has 0 spiro atoms. The van der Waals surface area contributed by atoms with Crippen LogP contribution in [0.15, 0.2) is 47.8 Å². The molecule has 14 heteroatoms. The van der Waals surface area contributed by atoms with Crippen LogP contribution in [0, 0.1) is 11.3 Å². The van der Waals surface area contributed by atoms with Crippen molar-refractivity contribution in [2.24, 2.45) is 0 Å². The van der Waals surface area contributed by atoms with Crippen molar-refractivity contribution in [2.75, 3.05) is 6.61 Å². The van der Waals surface area contributed by atoms with E-state index in [0.717, 1.165) is 25.6 Å². The van der Waals surface area contributed by atoms with Crippen molar-refractivity contribution in [1.82, 2.24) is 4.98 Å². The van der Waals surface area contributed by atoms with Crippen molar-refractivity contribution in [1.29, 1.82) is 5.26 Å². The smallest absolute Gasteiger partial charge is 0.303 e. The van der Waals surface area contributed by atoms with E-state index in [9.17, 15) is 24.4 Å². The molecule has 0 unspecified atom stereocenters. The maximum Gasteiger partial charge on any atom is 0.303 e. The molecule has 12 nitrogen and oxygen atoms in total. The molecule has 1 saturated heterocycles. The van der Waals surface area contributed by atoms with E-state index < -0.39 is 61.2 Å². The van der Waals surface area contributed by atoms with Crippen LogP contribution in [0.2, 0.25) is 5.02 Å². The van der Waals surface area contributed by atoms with Gasteiger partial charge in [-0.2, -0.15) is 5.26 Å². The number of carbonyl (C=O) groups is 4. The Bertz CT molecular complexity index is 1570. The highest BCUT2D eigenvalue weighted by atomic mass is 35.5. The Morgan fingerprint density at radius 1 is 0.932 bits per heavy atom. The Hall–Kier alpha value is -4.51. The van der Waals surface area contributed by atoms with E-state index in [2.05, 4.69) is 11.1 Å². The lowest BCUT2D eigenvalue weighted by molar-refractivity contribution is -0.289. The number of esters is 4. The molecule has 5 atom stereocenters. The van der Waals surface area contributed by atoms with Gasteiger partial charge in [0, 0.05) is 38.3 Å². The van der Waals surface area contributed by atoms with Crippen LogP contribution in [0.4, 0.5) is 0 Å². The molecule has 2 aromatic heterocycles. The van der Waals surface area contributed by atoms with Gasteiger partial charge in [-0.3, -0.25) is 19.2 Å². The lowest BCUT2D eigenvalue weighted by Gasteiger charge is -2.43. The minimum atomic E-state index is -1.58. The molecule has 0 aliphatic carbocycles. The Morgan fingerprint density at radius 2 is 1.57 bits per heavy atom. The second kappa shape index (κ2) is 14.3. The molecule has 0 radical (unpaired) electrons. The van der Waals surface area contributed by atoms with Crippen LogP contribution in [0.5, 0.6) is 5.88 Å². The van der Waals surface area contributed by atoms with Gasteiger partial charge < -0.3 is 28.4 Å². The van der Waals surface area contributed by atoms with Gasteiger partial charge in [-0.05, 0) is 35.2 Å². The molecule has 1 aromatic carbocycles. The third-order valence-corrected chi connectivity index (χ3v) is 7.35. The first-order chi connectivity index (χ1) is 21.0. The van der Waals surface area contributed by atoms with Gasteiger partial charge in [-0.25, -0.2) is 4.98 Å². The molecule has 0 bridgehead atoms. The number of halogens is 1. The van der Waals surface area contributed by atoms with Crippen molar-refractivity contribution in [3.05, 3.63) is 58.4 Å². The number of hydrogen-bond acceptors (Lipinski definition) is 13. The minimum Gasteiger partial charge on any atom is -0.463 e. The third-order valence-electron chi connectivity index (χ3n) is 6.20. The summed E-state index contributed by atoms with van der Waals surface area (Å²) in [6.07, 6.45) is -7.16. The number of aromatic nitrogens is 1. The molecular weight excluding hydrogens is 616 g/mol. The molecular formula is C30H27ClN2O10S. The summed E-state index contributed by atoms with van der Waals surface area (Å²) in [5, 5.41) is 12.6. The molecule has 3 aromatic rings. The van der Waals surface area contributed by atoms with Crippen LogP contribution < -0.4 is 4.74 Å². The maximum absolute atomic E-state index is 12.2. The van der Waals surface area contributed by atoms with Gasteiger partial charge in [0.1, 0.15) is 24.3 Å². The fourth-order valence-corrected chi connectivity index (χ4v) is 5.33. The Labute approximate surface area is 261 Å². The highest BCUT2D eigenvalue weighted by molar-refractivity contribution is 7.13. The summed E-state index contributed by atoms with van der Waals surface area (Å²) in [6.45, 7) is 4.07. The van der Waals surface area contributed by atoms with Gasteiger partial charge in [-0.15, -0.1) is 11.3 Å². The zero-order valence-corrected chi connectivity index (χ0v) is 25.5. The monoisotopic (exact) mass is 642 g/mol. The van der Waals surface area contributed by atoms with E-state index in [1.165, 1.54) is 18.3 Å². The largest absolute Gasteiger partial charge is 0.463 e. The van der Waals surface area contributed by atoms with Crippen molar-refractivity contribution >= 4 is 46.8 Å². The number of hydrogen-bond donors (Lipinski definition) is 0. The Morgan fingerprint density at radius 3 is 2.14 bits per heavy atom. The number of ether oxygens (including phenoxy) is 6. The van der Waals surface area contributed by atoms with E-state index in [1.807, 2.05) is 17.5 Å². The topological polar surface area (TPSA) is 160 Å². The molecule has 0 saturated carbocycles. The maximum atomic E-state index is 12.2. The van der Waals surface area contributed by atoms with Crippen LogP contribution in [-0.2, 0) is 42.9 Å². The van der Waals surface area contributed by atoms with E-state index in [4.69, 9.17) is 40.0 Å². The number of benzene rings is 1. The highest BCUT2D eigenvalue weighted by Gasteiger charge is 2.53.